The SMILES string of the molecule is C=C(Cc1ccc(C(=N)N2CCCCC2)cc1)c1cc(C)nn1-c1ccc2cc(Br)ccc2c1. The zero-order chi connectivity index (χ0) is 23.7. The van der Waals surface area contributed by atoms with Gasteiger partial charge in [-0.15, -0.1) is 0 Å². The minimum Gasteiger partial charge on any atom is -0.357 e. The lowest BCUT2D eigenvalue weighted by atomic mass is 10.0. The Labute approximate surface area is 209 Å². The van der Waals surface area contributed by atoms with Crippen LogP contribution in [0, 0.1) is 12.3 Å². The van der Waals surface area contributed by atoms with Crippen LogP contribution in [0.5, 0.6) is 0 Å². The summed E-state index contributed by atoms with van der Waals surface area (Å²) in [6.45, 7) is 8.41. The van der Waals surface area contributed by atoms with Gasteiger partial charge in [0.2, 0.25) is 0 Å². The van der Waals surface area contributed by atoms with E-state index in [2.05, 4.69) is 94.1 Å². The molecule has 5 heteroatoms. The minimum absolute atomic E-state index is 0.641. The maximum absolute atomic E-state index is 8.56. The van der Waals surface area contributed by atoms with Gasteiger partial charge < -0.3 is 4.90 Å². The van der Waals surface area contributed by atoms with Crippen LogP contribution in [-0.2, 0) is 6.42 Å². The summed E-state index contributed by atoms with van der Waals surface area (Å²) in [4.78, 5) is 2.20. The molecule has 0 unspecified atom stereocenters. The number of nitrogens with zero attached hydrogens (tertiary/aromatic N) is 3. The van der Waals surface area contributed by atoms with Crippen molar-refractivity contribution in [2.24, 2.45) is 0 Å². The van der Waals surface area contributed by atoms with E-state index < -0.39 is 0 Å². The van der Waals surface area contributed by atoms with Gasteiger partial charge in [-0.25, -0.2) is 4.68 Å². The molecule has 0 radical (unpaired) electrons. The van der Waals surface area contributed by atoms with Crippen LogP contribution in [0.3, 0.4) is 0 Å². The van der Waals surface area contributed by atoms with Gasteiger partial charge in [0, 0.05) is 23.1 Å². The molecule has 1 aliphatic heterocycles. The number of allylic oxidation sites excluding steroid dienone is 1. The van der Waals surface area contributed by atoms with Crippen LogP contribution in [0.25, 0.3) is 22.0 Å². The molecular weight excluding hydrogens is 484 g/mol. The first kappa shape index (κ1) is 22.6. The van der Waals surface area contributed by atoms with Gasteiger partial charge in [-0.3, -0.25) is 5.41 Å². The van der Waals surface area contributed by atoms with E-state index in [9.17, 15) is 0 Å². The zero-order valence-electron chi connectivity index (χ0n) is 19.5. The number of likely N-dealkylation sites (tertiary alicyclic amines) is 1. The predicted molar refractivity (Wildman–Crippen MR) is 145 cm³/mol. The monoisotopic (exact) mass is 512 g/mol. The number of halogens is 1. The van der Waals surface area contributed by atoms with Crippen LogP contribution in [0.2, 0.25) is 0 Å². The maximum atomic E-state index is 8.56. The van der Waals surface area contributed by atoms with Crippen LogP contribution in [0.15, 0.2) is 77.8 Å². The van der Waals surface area contributed by atoms with E-state index >= 15 is 0 Å². The summed E-state index contributed by atoms with van der Waals surface area (Å²) in [6.07, 6.45) is 4.38. The van der Waals surface area contributed by atoms with E-state index in [1.54, 1.807) is 0 Å². The molecule has 0 saturated carbocycles. The van der Waals surface area contributed by atoms with E-state index in [1.807, 2.05) is 11.6 Å². The van der Waals surface area contributed by atoms with Crippen molar-refractivity contribution < 1.29 is 0 Å². The van der Waals surface area contributed by atoms with Crippen molar-refractivity contribution in [1.29, 1.82) is 5.41 Å². The Kier molecular flexibility index (Phi) is 6.38. The van der Waals surface area contributed by atoms with Crippen molar-refractivity contribution in [1.82, 2.24) is 14.7 Å². The summed E-state index contributed by atoms with van der Waals surface area (Å²) in [7, 11) is 0. The standard InChI is InChI=1S/C29H29BrN4/c1-20(16-22-6-8-23(9-7-22)29(31)33-14-4-3-5-15-33)28-17-21(2)32-34(28)27-13-11-24-18-26(30)12-10-25(24)19-27/h6-13,17-19,31H,1,3-5,14-16H2,2H3. The number of amidine groups is 1. The van der Waals surface area contributed by atoms with E-state index in [4.69, 9.17) is 10.5 Å². The van der Waals surface area contributed by atoms with Gasteiger partial charge in [0.1, 0.15) is 5.84 Å². The Morgan fingerprint density at radius 3 is 2.41 bits per heavy atom. The topological polar surface area (TPSA) is 44.9 Å². The molecule has 0 atom stereocenters. The Balaban J connectivity index is 1.36. The van der Waals surface area contributed by atoms with Gasteiger partial charge in [-0.1, -0.05) is 58.9 Å². The molecule has 0 aliphatic carbocycles. The third kappa shape index (κ3) is 4.71. The number of fused-ring (bicyclic) bond motifs is 1. The summed E-state index contributed by atoms with van der Waals surface area (Å²) in [5.41, 5.74) is 6.23. The summed E-state index contributed by atoms with van der Waals surface area (Å²) in [5.74, 6) is 0.641. The second-order valence-corrected chi connectivity index (χ2v) is 10.0. The third-order valence-corrected chi connectivity index (χ3v) is 7.03. The molecule has 5 rings (SSSR count). The van der Waals surface area contributed by atoms with Gasteiger partial charge in [-0.2, -0.15) is 5.10 Å². The molecule has 0 spiro atoms. The second-order valence-electron chi connectivity index (χ2n) is 9.13. The highest BCUT2D eigenvalue weighted by Crippen LogP contribution is 2.26. The number of nitrogens with one attached hydrogen (secondary N) is 1. The summed E-state index contributed by atoms with van der Waals surface area (Å²) >= 11 is 3.55. The first-order valence-electron chi connectivity index (χ1n) is 11.9. The van der Waals surface area contributed by atoms with Crippen molar-refractivity contribution in [2.75, 3.05) is 13.1 Å². The van der Waals surface area contributed by atoms with Crippen LogP contribution < -0.4 is 0 Å². The van der Waals surface area contributed by atoms with Crippen molar-refractivity contribution >= 4 is 38.1 Å². The Morgan fingerprint density at radius 2 is 1.65 bits per heavy atom. The third-order valence-electron chi connectivity index (χ3n) is 6.54. The molecule has 0 bridgehead atoms. The van der Waals surface area contributed by atoms with Crippen LogP contribution in [0.4, 0.5) is 0 Å². The number of hydrogen-bond donors (Lipinski definition) is 1. The molecule has 2 heterocycles. The molecule has 3 aromatic carbocycles. The van der Waals surface area contributed by atoms with E-state index in [1.165, 1.54) is 35.6 Å². The smallest absolute Gasteiger partial charge is 0.128 e. The highest BCUT2D eigenvalue weighted by atomic mass is 79.9. The molecule has 4 aromatic rings. The molecule has 1 N–H and O–H groups in total. The largest absolute Gasteiger partial charge is 0.357 e. The molecule has 1 saturated heterocycles. The molecule has 1 fully saturated rings. The minimum atomic E-state index is 0.641. The van der Waals surface area contributed by atoms with Gasteiger partial charge in [0.15, 0.2) is 0 Å². The van der Waals surface area contributed by atoms with Crippen molar-refractivity contribution in [3.05, 3.63) is 100 Å². The Morgan fingerprint density at radius 1 is 0.941 bits per heavy atom. The molecule has 172 valence electrons. The van der Waals surface area contributed by atoms with Gasteiger partial charge in [-0.05, 0) is 84.8 Å². The van der Waals surface area contributed by atoms with Crippen molar-refractivity contribution in [3.8, 4) is 5.69 Å². The number of piperidine rings is 1. The fourth-order valence-corrected chi connectivity index (χ4v) is 5.08. The fraction of sp³-hybridized carbons (Fsp3) is 0.241. The fourth-order valence-electron chi connectivity index (χ4n) is 4.70. The molecule has 34 heavy (non-hydrogen) atoms. The van der Waals surface area contributed by atoms with E-state index in [0.29, 0.717) is 5.84 Å². The first-order chi connectivity index (χ1) is 16.5. The molecular formula is C29H29BrN4. The Bertz CT molecular complexity index is 1360. The highest BCUT2D eigenvalue weighted by molar-refractivity contribution is 9.10. The van der Waals surface area contributed by atoms with Crippen LogP contribution in [0.1, 0.15) is 41.8 Å². The maximum Gasteiger partial charge on any atom is 0.128 e. The van der Waals surface area contributed by atoms with Crippen molar-refractivity contribution in [2.45, 2.75) is 32.6 Å². The first-order valence-corrected chi connectivity index (χ1v) is 12.6. The zero-order valence-corrected chi connectivity index (χ0v) is 21.1. The van der Waals surface area contributed by atoms with Crippen LogP contribution in [-0.4, -0.2) is 33.6 Å². The predicted octanol–water partition coefficient (Wildman–Crippen LogP) is 7.16. The summed E-state index contributed by atoms with van der Waals surface area (Å²) in [6, 6.07) is 23.2. The lowest BCUT2D eigenvalue weighted by molar-refractivity contribution is 0.341. The lowest BCUT2D eigenvalue weighted by Crippen LogP contribution is -2.35. The number of rotatable bonds is 5. The summed E-state index contributed by atoms with van der Waals surface area (Å²) < 4.78 is 3.08. The lowest BCUT2D eigenvalue weighted by Gasteiger charge is -2.29. The molecule has 1 aliphatic rings. The number of aryl methyl sites for hydroxylation is 1. The molecule has 0 amide bonds. The van der Waals surface area contributed by atoms with E-state index in [-0.39, 0.29) is 0 Å². The number of benzene rings is 3. The van der Waals surface area contributed by atoms with E-state index in [0.717, 1.165) is 52.2 Å². The molecule has 1 aromatic heterocycles. The highest BCUT2D eigenvalue weighted by Gasteiger charge is 2.16. The average Bonchev–Trinajstić information content (AvgIpc) is 3.26. The van der Waals surface area contributed by atoms with Gasteiger partial charge >= 0.3 is 0 Å². The number of hydrogen-bond acceptors (Lipinski definition) is 2. The van der Waals surface area contributed by atoms with Crippen LogP contribution >= 0.6 is 15.9 Å². The normalized spacial score (nSPS) is 13.9. The average molecular weight is 513 g/mol. The van der Waals surface area contributed by atoms with Crippen molar-refractivity contribution in [3.63, 3.8) is 0 Å². The number of aromatic nitrogens is 2. The molecule has 4 nitrogen and oxygen atoms in total. The van der Waals surface area contributed by atoms with Gasteiger partial charge in [0.25, 0.3) is 0 Å². The second kappa shape index (κ2) is 9.59. The Hall–Kier alpha value is -3.18. The quantitative estimate of drug-likeness (QED) is 0.227. The van der Waals surface area contributed by atoms with Gasteiger partial charge in [0.05, 0.1) is 17.1 Å². The summed E-state index contributed by atoms with van der Waals surface area (Å²) in [5, 5.41) is 15.7.